The fourth-order valence-electron chi connectivity index (χ4n) is 3.50. The third kappa shape index (κ3) is 6.04. The zero-order valence-electron chi connectivity index (χ0n) is 19.7. The monoisotopic (exact) mass is 484 g/mol. The van der Waals surface area contributed by atoms with Gasteiger partial charge >= 0.3 is 0 Å². The van der Waals surface area contributed by atoms with Gasteiger partial charge in [0, 0.05) is 17.3 Å². The number of hydrogen-bond acceptors (Lipinski definition) is 5. The Kier molecular flexibility index (Phi) is 7.87. The molecule has 1 aromatic heterocycles. The van der Waals surface area contributed by atoms with E-state index in [2.05, 4.69) is 22.2 Å². The minimum atomic E-state index is -0.442. The molecule has 4 aromatic rings. The Bertz CT molecular complexity index is 1370. The molecule has 8 heteroatoms. The van der Waals surface area contributed by atoms with Gasteiger partial charge < -0.3 is 9.47 Å². The summed E-state index contributed by atoms with van der Waals surface area (Å²) in [5.74, 6) is 0.202. The molecule has 0 atom stereocenters. The van der Waals surface area contributed by atoms with Gasteiger partial charge in [-0.2, -0.15) is 10.2 Å². The first-order chi connectivity index (χ1) is 17.6. The smallest absolute Gasteiger partial charge is 0.277 e. The van der Waals surface area contributed by atoms with Crippen LogP contribution in [0.5, 0.6) is 11.5 Å². The molecule has 3 aromatic carbocycles. The van der Waals surface area contributed by atoms with Gasteiger partial charge in [0.25, 0.3) is 5.91 Å². The Morgan fingerprint density at radius 2 is 1.89 bits per heavy atom. The summed E-state index contributed by atoms with van der Waals surface area (Å²) in [6.45, 7) is 3.48. The van der Waals surface area contributed by atoms with E-state index in [1.807, 2.05) is 42.5 Å². The molecule has 0 radical (unpaired) electrons. The topological polar surface area (TPSA) is 77.7 Å². The van der Waals surface area contributed by atoms with Crippen molar-refractivity contribution in [2.75, 3.05) is 13.7 Å². The molecule has 7 nitrogen and oxygen atoms in total. The van der Waals surface area contributed by atoms with Crippen molar-refractivity contribution in [2.24, 2.45) is 5.10 Å². The molecule has 0 aliphatic heterocycles. The predicted molar refractivity (Wildman–Crippen MR) is 137 cm³/mol. The summed E-state index contributed by atoms with van der Waals surface area (Å²) in [5.41, 5.74) is 6.30. The second-order valence-corrected chi connectivity index (χ2v) is 7.78. The van der Waals surface area contributed by atoms with E-state index < -0.39 is 5.91 Å². The number of halogens is 1. The maximum absolute atomic E-state index is 13.4. The minimum absolute atomic E-state index is 0.247. The van der Waals surface area contributed by atoms with Crippen LogP contribution >= 0.6 is 0 Å². The number of nitrogens with one attached hydrogen (secondary N) is 1. The highest BCUT2D eigenvalue weighted by Gasteiger charge is 2.12. The van der Waals surface area contributed by atoms with Crippen molar-refractivity contribution in [3.05, 3.63) is 109 Å². The number of rotatable bonds is 10. The van der Waals surface area contributed by atoms with Crippen molar-refractivity contribution in [3.8, 4) is 28.4 Å². The Morgan fingerprint density at radius 3 is 2.61 bits per heavy atom. The molecule has 1 N–H and O–H groups in total. The highest BCUT2D eigenvalue weighted by molar-refractivity contribution is 5.89. The molecule has 0 aliphatic rings. The maximum atomic E-state index is 13.4. The lowest BCUT2D eigenvalue weighted by molar-refractivity contribution is -0.123. The van der Waals surface area contributed by atoms with Crippen LogP contribution in [0.3, 0.4) is 0 Å². The summed E-state index contributed by atoms with van der Waals surface area (Å²) in [6.07, 6.45) is 5.78. The van der Waals surface area contributed by atoms with Gasteiger partial charge in [-0.05, 0) is 60.5 Å². The zero-order valence-corrected chi connectivity index (χ0v) is 19.7. The molecule has 0 bridgehead atoms. The van der Waals surface area contributed by atoms with Crippen molar-refractivity contribution >= 4 is 12.1 Å². The van der Waals surface area contributed by atoms with Gasteiger partial charge in [-0.1, -0.05) is 30.3 Å². The summed E-state index contributed by atoms with van der Waals surface area (Å²) < 4.78 is 26.1. The van der Waals surface area contributed by atoms with Gasteiger partial charge in [-0.25, -0.2) is 14.5 Å². The largest absolute Gasteiger partial charge is 0.493 e. The first-order valence-corrected chi connectivity index (χ1v) is 11.2. The number of ether oxygens (including phenoxy) is 2. The van der Waals surface area contributed by atoms with Gasteiger partial charge in [0.1, 0.15) is 11.5 Å². The first kappa shape index (κ1) is 24.4. The van der Waals surface area contributed by atoms with Gasteiger partial charge in [-0.3, -0.25) is 4.79 Å². The number of aromatic nitrogens is 2. The molecule has 0 unspecified atom stereocenters. The van der Waals surface area contributed by atoms with E-state index in [9.17, 15) is 9.18 Å². The number of benzene rings is 3. The highest BCUT2D eigenvalue weighted by atomic mass is 19.1. The van der Waals surface area contributed by atoms with Gasteiger partial charge in [0.05, 0.1) is 19.0 Å². The summed E-state index contributed by atoms with van der Waals surface area (Å²) in [7, 11) is 1.54. The lowest BCUT2D eigenvalue weighted by Crippen LogP contribution is -2.24. The SMILES string of the molecule is C=CCc1ccc(OCC(=O)NN=Cc2cn(-c3ccccc3)nc2-c2ccc(F)cc2)c(OC)c1. The number of para-hydroxylation sites is 1. The Hall–Kier alpha value is -4.72. The second kappa shape index (κ2) is 11.6. The van der Waals surface area contributed by atoms with Crippen LogP contribution in [0.4, 0.5) is 4.39 Å². The molecule has 182 valence electrons. The molecule has 36 heavy (non-hydrogen) atoms. The van der Waals surface area contributed by atoms with Gasteiger partial charge in [-0.15, -0.1) is 6.58 Å². The third-order valence-electron chi connectivity index (χ3n) is 5.24. The Balaban J connectivity index is 1.46. The van der Waals surface area contributed by atoms with Crippen LogP contribution in [-0.4, -0.2) is 35.6 Å². The van der Waals surface area contributed by atoms with E-state index in [0.717, 1.165) is 11.3 Å². The summed E-state index contributed by atoms with van der Waals surface area (Å²) in [5, 5.41) is 8.71. The van der Waals surface area contributed by atoms with Crippen molar-refractivity contribution in [3.63, 3.8) is 0 Å². The second-order valence-electron chi connectivity index (χ2n) is 7.78. The molecule has 0 saturated heterocycles. The number of methoxy groups -OCH3 is 1. The van der Waals surface area contributed by atoms with E-state index in [-0.39, 0.29) is 12.4 Å². The van der Waals surface area contributed by atoms with E-state index in [1.54, 1.807) is 42.3 Å². The van der Waals surface area contributed by atoms with E-state index in [1.165, 1.54) is 18.3 Å². The number of carbonyl (C=O) groups excluding carboxylic acids is 1. The Labute approximate surface area is 208 Å². The number of allylic oxidation sites excluding steroid dienone is 1. The summed E-state index contributed by atoms with van der Waals surface area (Å²) in [4.78, 5) is 12.3. The van der Waals surface area contributed by atoms with Crippen molar-refractivity contribution < 1.29 is 18.7 Å². The predicted octanol–water partition coefficient (Wildman–Crippen LogP) is 4.94. The number of carbonyl (C=O) groups is 1. The van der Waals surface area contributed by atoms with E-state index >= 15 is 0 Å². The molecular weight excluding hydrogens is 459 g/mol. The number of hydrogen-bond donors (Lipinski definition) is 1. The quantitative estimate of drug-likeness (QED) is 0.196. The number of nitrogens with zero attached hydrogens (tertiary/aromatic N) is 3. The molecule has 0 spiro atoms. The average Bonchev–Trinajstić information content (AvgIpc) is 3.33. The molecule has 4 rings (SSSR count). The van der Waals surface area contributed by atoms with Gasteiger partial charge in [0.2, 0.25) is 0 Å². The fourth-order valence-corrected chi connectivity index (χ4v) is 3.50. The molecular formula is C28H25FN4O3. The van der Waals surface area contributed by atoms with Crippen LogP contribution in [0.15, 0.2) is 96.7 Å². The summed E-state index contributed by atoms with van der Waals surface area (Å²) in [6, 6.07) is 21.1. The molecule has 0 fully saturated rings. The van der Waals surface area contributed by atoms with Crippen molar-refractivity contribution in [1.82, 2.24) is 15.2 Å². The Morgan fingerprint density at radius 1 is 1.11 bits per heavy atom. The maximum Gasteiger partial charge on any atom is 0.277 e. The third-order valence-corrected chi connectivity index (χ3v) is 5.24. The van der Waals surface area contributed by atoms with Crippen LogP contribution in [0, 0.1) is 5.82 Å². The van der Waals surface area contributed by atoms with Crippen LogP contribution < -0.4 is 14.9 Å². The fraction of sp³-hybridized carbons (Fsp3) is 0.107. The zero-order chi connectivity index (χ0) is 25.3. The molecule has 0 saturated carbocycles. The van der Waals surface area contributed by atoms with Crippen LogP contribution in [0.2, 0.25) is 0 Å². The standard InChI is InChI=1S/C28H25FN4O3/c1-3-7-20-10-15-25(26(16-20)35-2)36-19-27(34)31-30-17-22-18-33(24-8-5-4-6-9-24)32-28(22)21-11-13-23(29)14-12-21/h3-6,8-18H,1,7,19H2,2H3,(H,31,34). The molecule has 0 aliphatic carbocycles. The van der Waals surface area contributed by atoms with E-state index in [0.29, 0.717) is 34.7 Å². The van der Waals surface area contributed by atoms with Crippen LogP contribution in [0.1, 0.15) is 11.1 Å². The van der Waals surface area contributed by atoms with Crippen LogP contribution in [0.25, 0.3) is 16.9 Å². The average molecular weight is 485 g/mol. The highest BCUT2D eigenvalue weighted by Crippen LogP contribution is 2.28. The van der Waals surface area contributed by atoms with E-state index in [4.69, 9.17) is 9.47 Å². The van der Waals surface area contributed by atoms with Crippen molar-refractivity contribution in [2.45, 2.75) is 6.42 Å². The van der Waals surface area contributed by atoms with Gasteiger partial charge in [0.15, 0.2) is 18.1 Å². The van der Waals surface area contributed by atoms with Crippen molar-refractivity contribution in [1.29, 1.82) is 0 Å². The lowest BCUT2D eigenvalue weighted by Gasteiger charge is -2.11. The minimum Gasteiger partial charge on any atom is -0.493 e. The van der Waals surface area contributed by atoms with Crippen LogP contribution in [-0.2, 0) is 11.2 Å². The number of amides is 1. The first-order valence-electron chi connectivity index (χ1n) is 11.2. The lowest BCUT2D eigenvalue weighted by atomic mass is 10.1. The number of hydrazone groups is 1. The molecule has 1 heterocycles. The normalized spacial score (nSPS) is 10.8. The molecule has 1 amide bonds. The summed E-state index contributed by atoms with van der Waals surface area (Å²) >= 11 is 0.